The van der Waals surface area contributed by atoms with Crippen molar-refractivity contribution in [2.24, 2.45) is 0 Å². The quantitative estimate of drug-likeness (QED) is 0.452. The van der Waals surface area contributed by atoms with Crippen molar-refractivity contribution < 1.29 is 22.7 Å². The maximum atomic E-state index is 13.0. The first-order valence-electron chi connectivity index (χ1n) is 6.64. The molecule has 0 amide bonds. The second kappa shape index (κ2) is 7.31. The summed E-state index contributed by atoms with van der Waals surface area (Å²) in [5, 5.41) is 0.942. The Bertz CT molecular complexity index is 675. The third-order valence-electron chi connectivity index (χ3n) is 2.67. The molecule has 0 spiro atoms. The van der Waals surface area contributed by atoms with Crippen LogP contribution in [-0.4, -0.2) is 27.8 Å². The number of esters is 1. The number of nitrogens with zero attached hydrogens (tertiary/aromatic N) is 2. The lowest BCUT2D eigenvalue weighted by Gasteiger charge is -2.12. The number of thioether (sulfide) groups is 1. The molecule has 0 saturated carbocycles. The first-order chi connectivity index (χ1) is 10.8. The van der Waals surface area contributed by atoms with Gasteiger partial charge in [0.2, 0.25) is 0 Å². The van der Waals surface area contributed by atoms with Crippen LogP contribution in [0.15, 0.2) is 28.7 Å². The average Bonchev–Trinajstić information content (AvgIpc) is 3.00. The van der Waals surface area contributed by atoms with Crippen molar-refractivity contribution in [1.29, 1.82) is 0 Å². The molecule has 0 aliphatic heterocycles. The second-order valence-electron chi connectivity index (χ2n) is 4.41. The van der Waals surface area contributed by atoms with Crippen molar-refractivity contribution in [1.82, 2.24) is 9.97 Å². The summed E-state index contributed by atoms with van der Waals surface area (Å²) in [4.78, 5) is 19.9. The number of aromatic nitrogens is 2. The number of thiophene rings is 1. The smallest absolute Gasteiger partial charge is 0.433 e. The van der Waals surface area contributed by atoms with E-state index in [-0.39, 0.29) is 17.5 Å². The Hall–Kier alpha value is -1.61. The Kier molecular flexibility index (Phi) is 5.64. The van der Waals surface area contributed by atoms with Crippen molar-refractivity contribution in [3.63, 3.8) is 0 Å². The van der Waals surface area contributed by atoms with Crippen molar-refractivity contribution >= 4 is 29.1 Å². The lowest BCUT2D eigenvalue weighted by molar-refractivity contribution is -0.142. The minimum absolute atomic E-state index is 0.108. The van der Waals surface area contributed by atoms with E-state index in [9.17, 15) is 18.0 Å². The van der Waals surface area contributed by atoms with Gasteiger partial charge in [0.25, 0.3) is 0 Å². The van der Waals surface area contributed by atoms with E-state index in [4.69, 9.17) is 4.74 Å². The zero-order valence-corrected chi connectivity index (χ0v) is 13.9. The van der Waals surface area contributed by atoms with Gasteiger partial charge in [-0.15, -0.1) is 11.3 Å². The van der Waals surface area contributed by atoms with E-state index >= 15 is 0 Å². The number of alkyl halides is 3. The number of hydrogen-bond acceptors (Lipinski definition) is 6. The standard InChI is InChI=1S/C14H13F3N2O2S2/c1-3-21-12(20)8(2)23-13-18-9(10-5-4-6-22-10)7-11(19-13)14(15,16)17/h4-8H,3H2,1-2H3/t8-/m1/s1. The minimum Gasteiger partial charge on any atom is -0.465 e. The van der Waals surface area contributed by atoms with Crippen molar-refractivity contribution in [3.05, 3.63) is 29.3 Å². The van der Waals surface area contributed by atoms with Crippen LogP contribution in [0, 0.1) is 0 Å². The van der Waals surface area contributed by atoms with Crippen LogP contribution in [0.2, 0.25) is 0 Å². The lowest BCUT2D eigenvalue weighted by Crippen LogP contribution is -2.18. The normalized spacial score (nSPS) is 12.9. The highest BCUT2D eigenvalue weighted by Gasteiger charge is 2.34. The molecule has 0 aliphatic rings. The fourth-order valence-corrected chi connectivity index (χ4v) is 3.11. The highest BCUT2D eigenvalue weighted by molar-refractivity contribution is 8.00. The topological polar surface area (TPSA) is 52.1 Å². The summed E-state index contributed by atoms with van der Waals surface area (Å²) in [6, 6.07) is 4.31. The summed E-state index contributed by atoms with van der Waals surface area (Å²) in [6.45, 7) is 3.40. The van der Waals surface area contributed by atoms with Crippen molar-refractivity contribution in [2.45, 2.75) is 30.4 Å². The Morgan fingerprint density at radius 1 is 1.43 bits per heavy atom. The molecule has 9 heteroatoms. The summed E-state index contributed by atoms with van der Waals surface area (Å²) in [5.74, 6) is -0.517. The van der Waals surface area contributed by atoms with Gasteiger partial charge in [0.05, 0.1) is 17.2 Å². The van der Waals surface area contributed by atoms with Gasteiger partial charge in [-0.2, -0.15) is 13.2 Å². The van der Waals surface area contributed by atoms with Gasteiger partial charge in [0.15, 0.2) is 5.16 Å². The van der Waals surface area contributed by atoms with Crippen LogP contribution in [0.25, 0.3) is 10.6 Å². The molecule has 0 radical (unpaired) electrons. The third-order valence-corrected chi connectivity index (χ3v) is 4.50. The second-order valence-corrected chi connectivity index (χ2v) is 6.66. The van der Waals surface area contributed by atoms with E-state index in [0.29, 0.717) is 4.88 Å². The van der Waals surface area contributed by atoms with Crippen LogP contribution in [0.1, 0.15) is 19.5 Å². The summed E-state index contributed by atoms with van der Waals surface area (Å²) >= 11 is 2.12. The molecule has 4 nitrogen and oxygen atoms in total. The number of rotatable bonds is 5. The summed E-state index contributed by atoms with van der Waals surface area (Å²) in [7, 11) is 0. The van der Waals surface area contributed by atoms with E-state index in [0.717, 1.165) is 17.8 Å². The van der Waals surface area contributed by atoms with E-state index in [1.165, 1.54) is 18.3 Å². The minimum atomic E-state index is -4.59. The summed E-state index contributed by atoms with van der Waals surface area (Å²) < 4.78 is 43.9. The van der Waals surface area contributed by atoms with Crippen molar-refractivity contribution in [2.75, 3.05) is 6.61 Å². The molecule has 124 valence electrons. The molecular weight excluding hydrogens is 349 g/mol. The van der Waals surface area contributed by atoms with Crippen LogP contribution in [0.5, 0.6) is 0 Å². The first kappa shape index (κ1) is 17.7. The van der Waals surface area contributed by atoms with E-state index < -0.39 is 23.1 Å². The van der Waals surface area contributed by atoms with Gasteiger partial charge in [-0.05, 0) is 31.4 Å². The van der Waals surface area contributed by atoms with Crippen LogP contribution < -0.4 is 0 Å². The Morgan fingerprint density at radius 3 is 2.74 bits per heavy atom. The highest BCUT2D eigenvalue weighted by atomic mass is 32.2. The van der Waals surface area contributed by atoms with Crippen LogP contribution in [-0.2, 0) is 15.7 Å². The molecule has 1 atom stereocenters. The largest absolute Gasteiger partial charge is 0.465 e. The number of hydrogen-bond donors (Lipinski definition) is 0. The molecular formula is C14H13F3N2O2S2. The Balaban J connectivity index is 2.35. The van der Waals surface area contributed by atoms with E-state index in [1.807, 2.05) is 0 Å². The molecule has 2 rings (SSSR count). The monoisotopic (exact) mass is 362 g/mol. The maximum absolute atomic E-state index is 13.0. The zero-order valence-electron chi connectivity index (χ0n) is 12.3. The number of carbonyl (C=O) groups excluding carboxylic acids is 1. The van der Waals surface area contributed by atoms with Crippen LogP contribution in [0.3, 0.4) is 0 Å². The van der Waals surface area contributed by atoms with Gasteiger partial charge in [-0.3, -0.25) is 4.79 Å². The summed E-state index contributed by atoms with van der Waals surface area (Å²) in [5.41, 5.74) is -0.852. The first-order valence-corrected chi connectivity index (χ1v) is 8.40. The lowest BCUT2D eigenvalue weighted by atomic mass is 10.3. The molecule has 0 N–H and O–H groups in total. The fourth-order valence-electron chi connectivity index (χ4n) is 1.64. The molecule has 0 aliphatic carbocycles. The predicted molar refractivity (Wildman–Crippen MR) is 82.3 cm³/mol. The SMILES string of the molecule is CCOC(=O)[C@@H](C)Sc1nc(-c2cccs2)cc(C(F)(F)F)n1. The average molecular weight is 362 g/mol. The molecule has 2 aromatic heterocycles. The predicted octanol–water partition coefficient (Wildman–Crippen LogP) is 4.27. The third kappa shape index (κ3) is 4.68. The molecule has 0 fully saturated rings. The van der Waals surface area contributed by atoms with Gasteiger partial charge < -0.3 is 4.74 Å². The van der Waals surface area contributed by atoms with Crippen LogP contribution >= 0.6 is 23.1 Å². The molecule has 0 saturated heterocycles. The van der Waals surface area contributed by atoms with E-state index in [1.54, 1.807) is 24.4 Å². The molecule has 0 bridgehead atoms. The van der Waals surface area contributed by atoms with E-state index in [2.05, 4.69) is 9.97 Å². The molecule has 2 heterocycles. The molecule has 0 aromatic carbocycles. The highest BCUT2D eigenvalue weighted by Crippen LogP contribution is 2.34. The van der Waals surface area contributed by atoms with Crippen LogP contribution in [0.4, 0.5) is 13.2 Å². The van der Waals surface area contributed by atoms with Gasteiger partial charge in [0, 0.05) is 0 Å². The van der Waals surface area contributed by atoms with Crippen molar-refractivity contribution in [3.8, 4) is 10.6 Å². The maximum Gasteiger partial charge on any atom is 0.433 e. The number of carbonyl (C=O) groups is 1. The van der Waals surface area contributed by atoms with Gasteiger partial charge >= 0.3 is 12.1 Å². The Labute approximate surface area is 139 Å². The number of halogens is 3. The zero-order chi connectivity index (χ0) is 17.0. The number of ether oxygens (including phenoxy) is 1. The molecule has 2 aromatic rings. The Morgan fingerprint density at radius 2 is 2.17 bits per heavy atom. The van der Waals surface area contributed by atoms with Gasteiger partial charge in [-0.1, -0.05) is 17.8 Å². The van der Waals surface area contributed by atoms with Gasteiger partial charge in [0.1, 0.15) is 10.9 Å². The van der Waals surface area contributed by atoms with Gasteiger partial charge in [-0.25, -0.2) is 9.97 Å². The fraction of sp³-hybridized carbons (Fsp3) is 0.357. The summed E-state index contributed by atoms with van der Waals surface area (Å²) in [6.07, 6.45) is -4.59. The molecule has 0 unspecified atom stereocenters. The molecule has 23 heavy (non-hydrogen) atoms.